The highest BCUT2D eigenvalue weighted by Gasteiger charge is 2.28. The van der Waals surface area contributed by atoms with Gasteiger partial charge in [-0.3, -0.25) is 0 Å². The van der Waals surface area contributed by atoms with E-state index in [9.17, 15) is 0 Å². The van der Waals surface area contributed by atoms with Crippen molar-refractivity contribution >= 4 is 29.1 Å². The molecule has 0 spiro atoms. The van der Waals surface area contributed by atoms with E-state index in [4.69, 9.17) is 4.99 Å². The van der Waals surface area contributed by atoms with Gasteiger partial charge in [-0.25, -0.2) is 4.99 Å². The minimum atomic E-state index is 0.246. The van der Waals surface area contributed by atoms with Crippen molar-refractivity contribution in [3.8, 4) is 0 Å². The standard InChI is InChI=1S/C18H28N6S2/c1-14-21-22-16(23(14)4)12-20-17(19-8-7-15-6-5-10-25-15)24-9-11-26-18(2,3)13-24/h5-6,10H,7-9,11-13H2,1-4H3,(H,19,20). The van der Waals surface area contributed by atoms with Gasteiger partial charge in [0.25, 0.3) is 0 Å². The molecule has 0 atom stereocenters. The minimum Gasteiger partial charge on any atom is -0.356 e. The van der Waals surface area contributed by atoms with Gasteiger partial charge in [-0.05, 0) is 38.6 Å². The molecule has 1 saturated heterocycles. The number of aromatic nitrogens is 3. The van der Waals surface area contributed by atoms with Crippen molar-refractivity contribution < 1.29 is 0 Å². The molecule has 3 heterocycles. The predicted molar refractivity (Wildman–Crippen MR) is 111 cm³/mol. The van der Waals surface area contributed by atoms with Crippen molar-refractivity contribution in [3.63, 3.8) is 0 Å². The Balaban J connectivity index is 1.69. The molecule has 0 saturated carbocycles. The summed E-state index contributed by atoms with van der Waals surface area (Å²) in [7, 11) is 1.99. The van der Waals surface area contributed by atoms with Crippen molar-refractivity contribution in [1.29, 1.82) is 0 Å². The number of hydrogen-bond donors (Lipinski definition) is 1. The van der Waals surface area contributed by atoms with Gasteiger partial charge in [-0.1, -0.05) is 6.07 Å². The summed E-state index contributed by atoms with van der Waals surface area (Å²) >= 11 is 3.84. The van der Waals surface area contributed by atoms with Crippen molar-refractivity contribution in [2.75, 3.05) is 25.4 Å². The second-order valence-corrected chi connectivity index (χ2v) is 9.98. The van der Waals surface area contributed by atoms with Crippen LogP contribution >= 0.6 is 23.1 Å². The van der Waals surface area contributed by atoms with E-state index in [2.05, 4.69) is 51.8 Å². The fourth-order valence-corrected chi connectivity index (χ4v) is 4.77. The zero-order chi connectivity index (χ0) is 18.6. The van der Waals surface area contributed by atoms with E-state index in [1.54, 1.807) is 11.3 Å². The molecule has 2 aromatic rings. The van der Waals surface area contributed by atoms with Crippen LogP contribution in [0.4, 0.5) is 0 Å². The highest BCUT2D eigenvalue weighted by molar-refractivity contribution is 8.00. The first-order valence-electron chi connectivity index (χ1n) is 8.99. The summed E-state index contributed by atoms with van der Waals surface area (Å²) in [5.74, 6) is 3.92. The van der Waals surface area contributed by atoms with E-state index in [0.717, 1.165) is 49.4 Å². The molecular formula is C18H28N6S2. The third-order valence-electron chi connectivity index (χ3n) is 4.51. The van der Waals surface area contributed by atoms with Crippen molar-refractivity contribution in [1.82, 2.24) is 25.0 Å². The Kier molecular flexibility index (Phi) is 6.24. The number of aryl methyl sites for hydroxylation is 1. The molecule has 3 rings (SSSR count). The molecule has 1 N–H and O–H groups in total. The SMILES string of the molecule is Cc1nnc(CN=C(NCCc2cccs2)N2CCSC(C)(C)C2)n1C. The molecular weight excluding hydrogens is 364 g/mol. The van der Waals surface area contributed by atoms with Gasteiger partial charge in [0.2, 0.25) is 0 Å². The maximum atomic E-state index is 4.88. The number of hydrogen-bond acceptors (Lipinski definition) is 5. The summed E-state index contributed by atoms with van der Waals surface area (Å²) in [5.41, 5.74) is 0. The van der Waals surface area contributed by atoms with Gasteiger partial charge in [0.05, 0.1) is 0 Å². The van der Waals surface area contributed by atoms with Crippen LogP contribution in [0, 0.1) is 6.92 Å². The first-order valence-corrected chi connectivity index (χ1v) is 10.9. The molecule has 0 radical (unpaired) electrons. The third kappa shape index (κ3) is 5.01. The maximum Gasteiger partial charge on any atom is 0.194 e. The Bertz CT molecular complexity index is 735. The highest BCUT2D eigenvalue weighted by atomic mass is 32.2. The third-order valence-corrected chi connectivity index (χ3v) is 6.75. The molecule has 6 nitrogen and oxygen atoms in total. The van der Waals surface area contributed by atoms with Crippen molar-refractivity contribution in [3.05, 3.63) is 34.0 Å². The summed E-state index contributed by atoms with van der Waals surface area (Å²) in [6.45, 7) is 10.0. The molecule has 0 amide bonds. The van der Waals surface area contributed by atoms with Gasteiger partial charge in [-0.2, -0.15) is 11.8 Å². The van der Waals surface area contributed by atoms with Gasteiger partial charge < -0.3 is 14.8 Å². The van der Waals surface area contributed by atoms with Crippen LogP contribution < -0.4 is 5.32 Å². The molecule has 0 bridgehead atoms. The van der Waals surface area contributed by atoms with E-state index in [-0.39, 0.29) is 4.75 Å². The first-order chi connectivity index (χ1) is 12.4. The number of guanidine groups is 1. The lowest BCUT2D eigenvalue weighted by atomic mass is 10.2. The van der Waals surface area contributed by atoms with E-state index in [0.29, 0.717) is 6.54 Å². The van der Waals surface area contributed by atoms with Gasteiger partial charge in [-0.15, -0.1) is 21.5 Å². The van der Waals surface area contributed by atoms with Crippen LogP contribution in [0.15, 0.2) is 22.5 Å². The monoisotopic (exact) mass is 392 g/mol. The van der Waals surface area contributed by atoms with Crippen LogP contribution in [0.25, 0.3) is 0 Å². The fourth-order valence-electron chi connectivity index (χ4n) is 2.95. The molecule has 1 aliphatic rings. The topological polar surface area (TPSA) is 58.3 Å². The highest BCUT2D eigenvalue weighted by Crippen LogP contribution is 2.29. The normalized spacial score (nSPS) is 17.5. The zero-order valence-electron chi connectivity index (χ0n) is 16.0. The molecule has 26 heavy (non-hydrogen) atoms. The van der Waals surface area contributed by atoms with E-state index >= 15 is 0 Å². The Morgan fingerprint density at radius 2 is 2.23 bits per heavy atom. The summed E-state index contributed by atoms with van der Waals surface area (Å²) in [4.78, 5) is 8.66. The van der Waals surface area contributed by atoms with Crippen LogP contribution in [0.2, 0.25) is 0 Å². The lowest BCUT2D eigenvalue weighted by molar-refractivity contribution is 0.375. The van der Waals surface area contributed by atoms with E-state index in [1.807, 2.05) is 30.3 Å². The van der Waals surface area contributed by atoms with E-state index < -0.39 is 0 Å². The van der Waals surface area contributed by atoms with Crippen LogP contribution in [-0.2, 0) is 20.0 Å². The van der Waals surface area contributed by atoms with Gasteiger partial charge in [0.1, 0.15) is 12.4 Å². The summed E-state index contributed by atoms with van der Waals surface area (Å²) in [5, 5.41) is 14.1. The Morgan fingerprint density at radius 1 is 1.38 bits per heavy atom. The predicted octanol–water partition coefficient (Wildman–Crippen LogP) is 2.70. The molecule has 8 heteroatoms. The van der Waals surface area contributed by atoms with Gasteiger partial charge >= 0.3 is 0 Å². The van der Waals surface area contributed by atoms with E-state index in [1.165, 1.54) is 4.88 Å². The number of nitrogens with one attached hydrogen (secondary N) is 1. The van der Waals surface area contributed by atoms with Gasteiger partial charge in [0.15, 0.2) is 11.8 Å². The zero-order valence-corrected chi connectivity index (χ0v) is 17.7. The van der Waals surface area contributed by atoms with Crippen molar-refractivity contribution in [2.45, 2.75) is 38.5 Å². The average molecular weight is 393 g/mol. The summed E-state index contributed by atoms with van der Waals surface area (Å²) in [6.07, 6.45) is 1.02. The second-order valence-electron chi connectivity index (χ2n) is 7.15. The Labute approximate surface area is 164 Å². The number of aliphatic imine (C=N–C) groups is 1. The first kappa shape index (κ1) is 19.2. The Morgan fingerprint density at radius 3 is 2.88 bits per heavy atom. The maximum absolute atomic E-state index is 4.88. The number of rotatable bonds is 5. The lowest BCUT2D eigenvalue weighted by Crippen LogP contribution is -2.51. The van der Waals surface area contributed by atoms with Crippen LogP contribution in [0.5, 0.6) is 0 Å². The second kappa shape index (κ2) is 8.43. The average Bonchev–Trinajstić information content (AvgIpc) is 3.22. The van der Waals surface area contributed by atoms with Crippen LogP contribution in [0.1, 0.15) is 30.4 Å². The number of thiophene rings is 1. The van der Waals surface area contributed by atoms with Crippen LogP contribution in [0.3, 0.4) is 0 Å². The molecule has 1 fully saturated rings. The quantitative estimate of drug-likeness (QED) is 0.626. The molecule has 0 unspecified atom stereocenters. The Hall–Kier alpha value is -1.54. The molecule has 0 aromatic carbocycles. The number of thioether (sulfide) groups is 1. The van der Waals surface area contributed by atoms with Gasteiger partial charge in [0, 0.05) is 42.1 Å². The fraction of sp³-hybridized carbons (Fsp3) is 0.611. The van der Waals surface area contributed by atoms with Crippen LogP contribution in [-0.4, -0.2) is 55.8 Å². The largest absolute Gasteiger partial charge is 0.356 e. The number of nitrogens with zero attached hydrogens (tertiary/aromatic N) is 5. The molecule has 2 aromatic heterocycles. The molecule has 1 aliphatic heterocycles. The summed E-state index contributed by atoms with van der Waals surface area (Å²) in [6, 6.07) is 4.29. The van der Waals surface area contributed by atoms with Crippen molar-refractivity contribution in [2.24, 2.45) is 12.0 Å². The summed E-state index contributed by atoms with van der Waals surface area (Å²) < 4.78 is 2.25. The smallest absolute Gasteiger partial charge is 0.194 e. The molecule has 142 valence electrons. The molecule has 0 aliphatic carbocycles. The lowest BCUT2D eigenvalue weighted by Gasteiger charge is -2.39. The minimum absolute atomic E-state index is 0.246.